The van der Waals surface area contributed by atoms with Gasteiger partial charge in [-0.3, -0.25) is 14.5 Å². The summed E-state index contributed by atoms with van der Waals surface area (Å²) in [5.41, 5.74) is 5.82. The van der Waals surface area contributed by atoms with Gasteiger partial charge in [-0.05, 0) is 30.7 Å². The van der Waals surface area contributed by atoms with Crippen LogP contribution in [-0.2, 0) is 9.59 Å². The van der Waals surface area contributed by atoms with E-state index in [1.807, 2.05) is 6.92 Å². The molecule has 0 aliphatic carbocycles. The topological polar surface area (TPSA) is 81.9 Å². The van der Waals surface area contributed by atoms with Crippen LogP contribution in [0.2, 0.25) is 0 Å². The summed E-state index contributed by atoms with van der Waals surface area (Å²) in [6.45, 7) is 2.19. The first-order chi connectivity index (χ1) is 11.0. The van der Waals surface area contributed by atoms with E-state index in [0.29, 0.717) is 27.3 Å². The first-order valence-corrected chi connectivity index (χ1v) is 8.03. The van der Waals surface area contributed by atoms with Gasteiger partial charge in [-0.2, -0.15) is 0 Å². The number of ether oxygens (including phenoxy) is 2. The van der Waals surface area contributed by atoms with Crippen molar-refractivity contribution in [3.05, 3.63) is 28.7 Å². The third kappa shape index (κ3) is 4.02. The van der Waals surface area contributed by atoms with Gasteiger partial charge in [0.25, 0.3) is 11.8 Å². The second-order valence-corrected chi connectivity index (χ2v) is 6.27. The molecule has 1 heterocycles. The van der Waals surface area contributed by atoms with Crippen molar-refractivity contribution in [3.8, 4) is 11.5 Å². The molecule has 122 valence electrons. The normalized spacial score (nSPS) is 16.1. The summed E-state index contributed by atoms with van der Waals surface area (Å²) in [7, 11) is 1.49. The number of hydrogen-bond acceptors (Lipinski definition) is 6. The van der Waals surface area contributed by atoms with Crippen LogP contribution in [-0.4, -0.2) is 41.3 Å². The maximum absolute atomic E-state index is 12.2. The number of carbonyl (C=O) groups is 2. The van der Waals surface area contributed by atoms with E-state index in [-0.39, 0.29) is 12.5 Å². The van der Waals surface area contributed by atoms with Crippen molar-refractivity contribution < 1.29 is 19.1 Å². The maximum atomic E-state index is 12.2. The van der Waals surface area contributed by atoms with Gasteiger partial charge in [-0.25, -0.2) is 0 Å². The van der Waals surface area contributed by atoms with Crippen molar-refractivity contribution in [1.29, 1.82) is 0 Å². The monoisotopic (exact) mass is 352 g/mol. The molecule has 6 nitrogen and oxygen atoms in total. The van der Waals surface area contributed by atoms with E-state index < -0.39 is 5.91 Å². The number of nitrogens with zero attached hydrogens (tertiary/aromatic N) is 1. The predicted molar refractivity (Wildman–Crippen MR) is 93.2 cm³/mol. The second kappa shape index (κ2) is 7.47. The van der Waals surface area contributed by atoms with Gasteiger partial charge >= 0.3 is 0 Å². The fourth-order valence-electron chi connectivity index (χ4n) is 1.97. The fourth-order valence-corrected chi connectivity index (χ4v) is 3.35. The fraction of sp³-hybridized carbons (Fsp3) is 0.267. The van der Waals surface area contributed by atoms with E-state index in [9.17, 15) is 9.59 Å². The number of likely N-dealkylation sites (N-methyl/N-ethyl adjacent to an activating group) is 1. The average molecular weight is 352 g/mol. The van der Waals surface area contributed by atoms with Gasteiger partial charge in [0.15, 0.2) is 18.1 Å². The van der Waals surface area contributed by atoms with E-state index in [2.05, 4.69) is 0 Å². The Kier molecular flexibility index (Phi) is 5.62. The molecule has 23 heavy (non-hydrogen) atoms. The third-order valence-electron chi connectivity index (χ3n) is 3.05. The van der Waals surface area contributed by atoms with Gasteiger partial charge in [0, 0.05) is 6.54 Å². The Morgan fingerprint density at radius 2 is 2.17 bits per heavy atom. The zero-order valence-corrected chi connectivity index (χ0v) is 14.3. The van der Waals surface area contributed by atoms with Crippen LogP contribution in [0, 0.1) is 0 Å². The molecule has 0 atom stereocenters. The first-order valence-electron chi connectivity index (χ1n) is 6.80. The summed E-state index contributed by atoms with van der Waals surface area (Å²) in [5, 5.41) is 0. The van der Waals surface area contributed by atoms with E-state index >= 15 is 0 Å². The highest BCUT2D eigenvalue weighted by molar-refractivity contribution is 8.26. The lowest BCUT2D eigenvalue weighted by Crippen LogP contribution is -2.27. The standard InChI is InChI=1S/C15H16N2O4S2/c1-3-17-14(19)12(23-15(17)22)7-9-4-5-10(11(6-9)20-2)21-8-13(16)18/h4-7H,3,8H2,1-2H3,(H2,16,18)/b12-7+. The Balaban J connectivity index is 2.24. The van der Waals surface area contributed by atoms with E-state index in [1.54, 1.807) is 29.2 Å². The summed E-state index contributed by atoms with van der Waals surface area (Å²) in [6.07, 6.45) is 1.75. The second-order valence-electron chi connectivity index (χ2n) is 4.59. The summed E-state index contributed by atoms with van der Waals surface area (Å²) < 4.78 is 11.1. The summed E-state index contributed by atoms with van der Waals surface area (Å²) in [6, 6.07) is 5.14. The molecule has 1 aromatic carbocycles. The summed E-state index contributed by atoms with van der Waals surface area (Å²) in [4.78, 5) is 25.1. The first kappa shape index (κ1) is 17.3. The van der Waals surface area contributed by atoms with Gasteiger partial charge in [0.2, 0.25) is 0 Å². The van der Waals surface area contributed by atoms with Crippen LogP contribution >= 0.6 is 24.0 Å². The van der Waals surface area contributed by atoms with Crippen LogP contribution in [0.25, 0.3) is 6.08 Å². The summed E-state index contributed by atoms with van der Waals surface area (Å²) in [5.74, 6) is 0.186. The molecule has 2 amide bonds. The van der Waals surface area contributed by atoms with Crippen molar-refractivity contribution in [1.82, 2.24) is 4.90 Å². The van der Waals surface area contributed by atoms with E-state index in [4.69, 9.17) is 27.4 Å². The minimum atomic E-state index is -0.570. The molecule has 8 heteroatoms. The Morgan fingerprint density at radius 3 is 2.74 bits per heavy atom. The van der Waals surface area contributed by atoms with Crippen molar-refractivity contribution in [2.75, 3.05) is 20.3 Å². The highest BCUT2D eigenvalue weighted by atomic mass is 32.2. The van der Waals surface area contributed by atoms with Crippen molar-refractivity contribution in [2.24, 2.45) is 5.73 Å². The number of methoxy groups -OCH3 is 1. The number of benzene rings is 1. The molecule has 1 saturated heterocycles. The van der Waals surface area contributed by atoms with Gasteiger partial charge in [0.05, 0.1) is 12.0 Å². The largest absolute Gasteiger partial charge is 0.493 e. The Hall–Kier alpha value is -2.06. The zero-order chi connectivity index (χ0) is 17.0. The van der Waals surface area contributed by atoms with E-state index in [0.717, 1.165) is 5.56 Å². The molecule has 0 aromatic heterocycles. The van der Waals surface area contributed by atoms with Crippen molar-refractivity contribution in [2.45, 2.75) is 6.92 Å². The number of nitrogens with two attached hydrogens (primary N) is 1. The van der Waals surface area contributed by atoms with Crippen molar-refractivity contribution in [3.63, 3.8) is 0 Å². The lowest BCUT2D eigenvalue weighted by Gasteiger charge is -2.10. The lowest BCUT2D eigenvalue weighted by molar-refractivity contribution is -0.122. The number of thioether (sulfide) groups is 1. The number of primary amides is 1. The number of thiocarbonyl (C=S) groups is 1. The Morgan fingerprint density at radius 1 is 1.43 bits per heavy atom. The lowest BCUT2D eigenvalue weighted by atomic mass is 10.2. The van der Waals surface area contributed by atoms with Crippen LogP contribution in [0.15, 0.2) is 23.1 Å². The smallest absolute Gasteiger partial charge is 0.266 e. The zero-order valence-electron chi connectivity index (χ0n) is 12.7. The van der Waals surface area contributed by atoms with Gasteiger partial charge in [-0.15, -0.1) is 0 Å². The molecule has 2 rings (SSSR count). The molecular weight excluding hydrogens is 336 g/mol. The van der Waals surface area contributed by atoms with Crippen LogP contribution < -0.4 is 15.2 Å². The molecule has 0 spiro atoms. The van der Waals surface area contributed by atoms with Gasteiger partial charge in [0.1, 0.15) is 4.32 Å². The van der Waals surface area contributed by atoms with Crippen LogP contribution in [0.4, 0.5) is 0 Å². The molecule has 1 aromatic rings. The minimum Gasteiger partial charge on any atom is -0.493 e. The molecule has 0 radical (unpaired) electrons. The summed E-state index contributed by atoms with van der Waals surface area (Å²) >= 11 is 6.45. The number of rotatable bonds is 6. The third-order valence-corrected chi connectivity index (χ3v) is 4.42. The molecule has 1 aliphatic rings. The minimum absolute atomic E-state index is 0.101. The molecule has 0 bridgehead atoms. The Bertz CT molecular complexity index is 688. The van der Waals surface area contributed by atoms with Gasteiger partial charge < -0.3 is 15.2 Å². The highest BCUT2D eigenvalue weighted by Crippen LogP contribution is 2.34. The van der Waals surface area contributed by atoms with Gasteiger partial charge in [-0.1, -0.05) is 30.0 Å². The Labute approximate surface area is 143 Å². The van der Waals surface area contributed by atoms with Crippen molar-refractivity contribution >= 4 is 46.2 Å². The quantitative estimate of drug-likeness (QED) is 0.621. The number of amides is 2. The van der Waals surface area contributed by atoms with Crippen LogP contribution in [0.1, 0.15) is 12.5 Å². The SMILES string of the molecule is CCN1C(=O)/C(=C\c2ccc(OCC(N)=O)c(OC)c2)SC1=S. The molecule has 0 unspecified atom stereocenters. The highest BCUT2D eigenvalue weighted by Gasteiger charge is 2.30. The predicted octanol–water partition coefficient (Wildman–Crippen LogP) is 1.78. The van der Waals surface area contributed by atoms with Crippen LogP contribution in [0.3, 0.4) is 0 Å². The number of hydrogen-bond donors (Lipinski definition) is 1. The molecule has 0 saturated carbocycles. The maximum Gasteiger partial charge on any atom is 0.266 e. The van der Waals surface area contributed by atoms with E-state index in [1.165, 1.54) is 18.9 Å². The van der Waals surface area contributed by atoms with Crippen LogP contribution in [0.5, 0.6) is 11.5 Å². The molecule has 1 aliphatic heterocycles. The number of carbonyl (C=O) groups excluding carboxylic acids is 2. The molecular formula is C15H16N2O4S2. The molecule has 2 N–H and O–H groups in total. The average Bonchev–Trinajstić information content (AvgIpc) is 2.79. The molecule has 1 fully saturated rings.